The average Bonchev–Trinajstić information content (AvgIpc) is 2.28. The van der Waals surface area contributed by atoms with E-state index in [-0.39, 0.29) is 0 Å². The minimum absolute atomic E-state index is 0.389. The minimum Gasteiger partial charge on any atom is -0.0835 e. The van der Waals surface area contributed by atoms with Gasteiger partial charge in [0.1, 0.15) is 0 Å². The molecule has 0 fully saturated rings. The summed E-state index contributed by atoms with van der Waals surface area (Å²) in [4.78, 5) is 0.389. The quantitative estimate of drug-likeness (QED) is 0.676. The van der Waals surface area contributed by atoms with E-state index in [4.69, 9.17) is 0 Å². The van der Waals surface area contributed by atoms with Crippen LogP contribution in [-0.4, -0.2) is 0 Å². The molecule has 0 aliphatic rings. The van der Waals surface area contributed by atoms with Gasteiger partial charge in [-0.2, -0.15) is 0 Å². The highest BCUT2D eigenvalue weighted by atomic mass is 79.9. The van der Waals surface area contributed by atoms with Gasteiger partial charge < -0.3 is 0 Å². The van der Waals surface area contributed by atoms with Crippen molar-refractivity contribution in [3.63, 3.8) is 0 Å². The molecule has 1 unspecified atom stereocenters. The van der Waals surface area contributed by atoms with Crippen LogP contribution in [0.3, 0.4) is 0 Å². The first-order valence-electron chi connectivity index (χ1n) is 6.33. The lowest BCUT2D eigenvalue weighted by atomic mass is 9.96. The van der Waals surface area contributed by atoms with Crippen LogP contribution >= 0.6 is 15.9 Å². The Morgan fingerprint density at radius 1 is 0.944 bits per heavy atom. The summed E-state index contributed by atoms with van der Waals surface area (Å²) in [6.07, 6.45) is 1.04. The molecule has 0 radical (unpaired) electrons. The molecule has 0 aromatic heterocycles. The van der Waals surface area contributed by atoms with Gasteiger partial charge in [0.15, 0.2) is 0 Å². The predicted octanol–water partition coefficient (Wildman–Crippen LogP) is 5.29. The van der Waals surface area contributed by atoms with Crippen LogP contribution in [0.4, 0.5) is 0 Å². The minimum atomic E-state index is 0.389. The summed E-state index contributed by atoms with van der Waals surface area (Å²) < 4.78 is 0. The van der Waals surface area contributed by atoms with Gasteiger partial charge in [-0.15, -0.1) is 0 Å². The number of rotatable bonds is 3. The van der Waals surface area contributed by atoms with Crippen molar-refractivity contribution in [2.45, 2.75) is 32.0 Å². The van der Waals surface area contributed by atoms with Gasteiger partial charge in [-0.3, -0.25) is 0 Å². The molecule has 94 valence electrons. The molecule has 0 amide bonds. The zero-order valence-corrected chi connectivity index (χ0v) is 12.8. The second-order valence-corrected chi connectivity index (χ2v) is 6.07. The summed E-state index contributed by atoms with van der Waals surface area (Å²) in [7, 11) is 0. The zero-order chi connectivity index (χ0) is 13.1. The van der Waals surface area contributed by atoms with Crippen LogP contribution in [0.15, 0.2) is 42.5 Å². The van der Waals surface area contributed by atoms with Crippen LogP contribution < -0.4 is 0 Å². The Bertz CT molecular complexity index is 523. The van der Waals surface area contributed by atoms with Gasteiger partial charge in [0, 0.05) is 4.83 Å². The van der Waals surface area contributed by atoms with Gasteiger partial charge in [0.25, 0.3) is 0 Å². The van der Waals surface area contributed by atoms with Gasteiger partial charge in [-0.1, -0.05) is 64.0 Å². The smallest absolute Gasteiger partial charge is 0.0440 e. The van der Waals surface area contributed by atoms with Crippen molar-refractivity contribution >= 4 is 15.9 Å². The summed E-state index contributed by atoms with van der Waals surface area (Å²) in [5.74, 6) is 0. The number of halogens is 1. The number of hydrogen-bond donors (Lipinski definition) is 0. The maximum Gasteiger partial charge on any atom is 0.0440 e. The topological polar surface area (TPSA) is 0 Å². The zero-order valence-electron chi connectivity index (χ0n) is 11.2. The van der Waals surface area contributed by atoms with Crippen LogP contribution in [0.1, 0.15) is 32.6 Å². The van der Waals surface area contributed by atoms with E-state index >= 15 is 0 Å². The molecular weight excluding hydrogens is 284 g/mol. The maximum absolute atomic E-state index is 3.85. The Morgan fingerprint density at radius 2 is 1.56 bits per heavy atom. The summed E-state index contributed by atoms with van der Waals surface area (Å²) in [6.45, 7) is 6.52. The second-order valence-electron chi connectivity index (χ2n) is 4.97. The third-order valence-corrected chi connectivity index (χ3v) is 4.13. The van der Waals surface area contributed by atoms with E-state index in [1.54, 1.807) is 0 Å². The van der Waals surface area contributed by atoms with Gasteiger partial charge >= 0.3 is 0 Å². The SMILES string of the molecule is Cc1cccc(CC(Br)c2c(C)cccc2C)c1. The van der Waals surface area contributed by atoms with Crippen molar-refractivity contribution in [2.75, 3.05) is 0 Å². The monoisotopic (exact) mass is 302 g/mol. The van der Waals surface area contributed by atoms with Crippen molar-refractivity contribution in [3.8, 4) is 0 Å². The molecule has 0 heterocycles. The van der Waals surface area contributed by atoms with Crippen LogP contribution in [0.2, 0.25) is 0 Å². The molecule has 0 saturated carbocycles. The first kappa shape index (κ1) is 13.4. The summed E-state index contributed by atoms with van der Waals surface area (Å²) in [6, 6.07) is 15.2. The van der Waals surface area contributed by atoms with Gasteiger partial charge in [-0.05, 0) is 49.4 Å². The third-order valence-electron chi connectivity index (χ3n) is 3.35. The Kier molecular flexibility index (Phi) is 4.23. The van der Waals surface area contributed by atoms with Crippen molar-refractivity contribution in [1.29, 1.82) is 0 Å². The van der Waals surface area contributed by atoms with E-state index in [0.717, 1.165) is 6.42 Å². The highest BCUT2D eigenvalue weighted by molar-refractivity contribution is 9.09. The molecule has 2 rings (SSSR count). The number of benzene rings is 2. The number of hydrogen-bond acceptors (Lipinski definition) is 0. The standard InChI is InChI=1S/C17H19Br/c1-12-6-4-9-15(10-12)11-16(18)17-13(2)7-5-8-14(17)3/h4-10,16H,11H2,1-3H3. The van der Waals surface area contributed by atoms with Gasteiger partial charge in [0.2, 0.25) is 0 Å². The molecule has 0 N–H and O–H groups in total. The first-order valence-corrected chi connectivity index (χ1v) is 7.25. The van der Waals surface area contributed by atoms with E-state index in [9.17, 15) is 0 Å². The molecule has 0 bridgehead atoms. The molecule has 18 heavy (non-hydrogen) atoms. The van der Waals surface area contributed by atoms with Crippen LogP contribution in [0.25, 0.3) is 0 Å². The maximum atomic E-state index is 3.85. The average molecular weight is 303 g/mol. The summed E-state index contributed by atoms with van der Waals surface area (Å²) in [5, 5.41) is 0. The fourth-order valence-electron chi connectivity index (χ4n) is 2.47. The lowest BCUT2D eigenvalue weighted by Crippen LogP contribution is -2.00. The molecule has 0 saturated heterocycles. The van der Waals surface area contributed by atoms with Gasteiger partial charge in [0.05, 0.1) is 0 Å². The fraction of sp³-hybridized carbons (Fsp3) is 0.294. The second kappa shape index (κ2) is 5.71. The Morgan fingerprint density at radius 3 is 2.17 bits per heavy atom. The van der Waals surface area contributed by atoms with Gasteiger partial charge in [-0.25, -0.2) is 0 Å². The molecular formula is C17H19Br. The largest absolute Gasteiger partial charge is 0.0835 e. The third kappa shape index (κ3) is 3.02. The van der Waals surface area contributed by atoms with Crippen molar-refractivity contribution in [3.05, 3.63) is 70.3 Å². The first-order chi connectivity index (χ1) is 8.58. The van der Waals surface area contributed by atoms with Crippen molar-refractivity contribution < 1.29 is 0 Å². The Labute approximate surface area is 118 Å². The lowest BCUT2D eigenvalue weighted by Gasteiger charge is -2.16. The van der Waals surface area contributed by atoms with Crippen LogP contribution in [0.5, 0.6) is 0 Å². The molecule has 0 spiro atoms. The number of aryl methyl sites for hydroxylation is 3. The lowest BCUT2D eigenvalue weighted by molar-refractivity contribution is 0.925. The van der Waals surface area contributed by atoms with Crippen molar-refractivity contribution in [1.82, 2.24) is 0 Å². The highest BCUT2D eigenvalue weighted by Crippen LogP contribution is 2.32. The van der Waals surface area contributed by atoms with E-state index in [1.807, 2.05) is 0 Å². The predicted molar refractivity (Wildman–Crippen MR) is 82.5 cm³/mol. The number of alkyl halides is 1. The molecule has 0 aliphatic heterocycles. The Balaban J connectivity index is 2.25. The van der Waals surface area contributed by atoms with Crippen LogP contribution in [0, 0.1) is 20.8 Å². The molecule has 0 nitrogen and oxygen atoms in total. The van der Waals surface area contributed by atoms with Crippen molar-refractivity contribution in [2.24, 2.45) is 0 Å². The fourth-order valence-corrected chi connectivity index (χ4v) is 3.57. The Hall–Kier alpha value is -1.08. The molecule has 0 aliphatic carbocycles. The van der Waals surface area contributed by atoms with E-state index in [2.05, 4.69) is 79.2 Å². The molecule has 2 aromatic rings. The molecule has 1 heteroatoms. The van der Waals surface area contributed by atoms with E-state index < -0.39 is 0 Å². The van der Waals surface area contributed by atoms with E-state index in [1.165, 1.54) is 27.8 Å². The van der Waals surface area contributed by atoms with E-state index in [0.29, 0.717) is 4.83 Å². The van der Waals surface area contributed by atoms with Crippen LogP contribution in [-0.2, 0) is 6.42 Å². The summed E-state index contributed by atoms with van der Waals surface area (Å²) in [5.41, 5.74) is 6.88. The molecule has 2 aromatic carbocycles. The summed E-state index contributed by atoms with van der Waals surface area (Å²) >= 11 is 3.85. The normalized spacial score (nSPS) is 12.4. The highest BCUT2D eigenvalue weighted by Gasteiger charge is 2.13. The molecule has 1 atom stereocenters.